The van der Waals surface area contributed by atoms with E-state index in [0.29, 0.717) is 17.0 Å². The number of aliphatic imine (C=N–C) groups is 1. The predicted octanol–water partition coefficient (Wildman–Crippen LogP) is 5.61. The molecule has 2 rings (SSSR count). The number of hydrogen-bond donors (Lipinski definition) is 1. The first-order valence-corrected chi connectivity index (χ1v) is 8.46. The molecule has 1 atom stereocenters. The first kappa shape index (κ1) is 18.6. The van der Waals surface area contributed by atoms with Gasteiger partial charge in [0.05, 0.1) is 5.69 Å². The molecule has 0 radical (unpaired) electrons. The van der Waals surface area contributed by atoms with E-state index in [9.17, 15) is 18.3 Å². The van der Waals surface area contributed by atoms with Crippen molar-refractivity contribution in [1.82, 2.24) is 4.98 Å². The maximum absolute atomic E-state index is 13.0. The van der Waals surface area contributed by atoms with Crippen molar-refractivity contribution in [2.45, 2.75) is 45.9 Å². The van der Waals surface area contributed by atoms with Gasteiger partial charge in [-0.3, -0.25) is 4.99 Å². The summed E-state index contributed by atoms with van der Waals surface area (Å²) in [7, 11) is 0. The molecule has 0 amide bonds. The van der Waals surface area contributed by atoms with Crippen LogP contribution in [0, 0.1) is 6.92 Å². The Morgan fingerprint density at radius 3 is 2.62 bits per heavy atom. The second-order valence-corrected chi connectivity index (χ2v) is 6.45. The highest BCUT2D eigenvalue weighted by Gasteiger charge is 2.41. The lowest BCUT2D eigenvalue weighted by Crippen LogP contribution is -2.20. The van der Waals surface area contributed by atoms with Crippen LogP contribution in [0.2, 0.25) is 0 Å². The predicted molar refractivity (Wildman–Crippen MR) is 91.0 cm³/mol. The van der Waals surface area contributed by atoms with Crippen LogP contribution in [-0.2, 0) is 0 Å². The number of alkyl halides is 3. The molecule has 0 saturated heterocycles. The minimum atomic E-state index is -4.74. The van der Waals surface area contributed by atoms with E-state index >= 15 is 0 Å². The van der Waals surface area contributed by atoms with Gasteiger partial charge in [-0.25, -0.2) is 4.98 Å². The summed E-state index contributed by atoms with van der Waals surface area (Å²) in [5, 5.41) is 12.2. The molecule has 0 aliphatic heterocycles. The lowest BCUT2D eigenvalue weighted by atomic mass is 9.98. The second-order valence-electron chi connectivity index (χ2n) is 5.55. The number of nitrogens with zero attached hydrogens (tertiary/aromatic N) is 2. The van der Waals surface area contributed by atoms with Gasteiger partial charge in [0.1, 0.15) is 5.01 Å². The van der Waals surface area contributed by atoms with E-state index in [1.807, 2.05) is 6.92 Å². The quantitative estimate of drug-likeness (QED) is 0.708. The van der Waals surface area contributed by atoms with Gasteiger partial charge < -0.3 is 5.11 Å². The van der Waals surface area contributed by atoms with Crippen molar-refractivity contribution >= 4 is 22.7 Å². The minimum Gasteiger partial charge on any atom is -0.379 e. The van der Waals surface area contributed by atoms with Crippen molar-refractivity contribution in [3.8, 4) is 10.6 Å². The van der Waals surface area contributed by atoms with Crippen molar-refractivity contribution in [1.29, 1.82) is 0 Å². The van der Waals surface area contributed by atoms with Crippen molar-refractivity contribution in [3.05, 3.63) is 34.8 Å². The summed E-state index contributed by atoms with van der Waals surface area (Å²) in [5.74, 6) is 0. The molecule has 0 fully saturated rings. The molecule has 0 saturated carbocycles. The van der Waals surface area contributed by atoms with Crippen molar-refractivity contribution < 1.29 is 18.3 Å². The summed E-state index contributed by atoms with van der Waals surface area (Å²) < 4.78 is 39.0. The lowest BCUT2D eigenvalue weighted by molar-refractivity contribution is -0.206. The normalized spacial score (nSPS) is 14.0. The molecule has 1 aromatic carbocycles. The molecule has 3 nitrogen and oxygen atoms in total. The Morgan fingerprint density at radius 2 is 2.08 bits per heavy atom. The van der Waals surface area contributed by atoms with Crippen LogP contribution in [0.1, 0.15) is 43.9 Å². The topological polar surface area (TPSA) is 45.5 Å². The maximum Gasteiger partial charge on any atom is 0.418 e. The molecule has 1 aromatic heterocycles. The van der Waals surface area contributed by atoms with Gasteiger partial charge in [0, 0.05) is 28.4 Å². The van der Waals surface area contributed by atoms with Gasteiger partial charge in [-0.15, -0.1) is 11.3 Å². The molecule has 2 aromatic rings. The Balaban J connectivity index is 2.64. The Kier molecular flexibility index (Phi) is 5.77. The molecule has 130 valence electrons. The molecule has 1 heterocycles. The van der Waals surface area contributed by atoms with Crippen molar-refractivity contribution in [2.75, 3.05) is 0 Å². The average molecular weight is 356 g/mol. The summed E-state index contributed by atoms with van der Waals surface area (Å²) in [5.41, 5.74) is 1.99. The molecule has 0 spiro atoms. The molecular weight excluding hydrogens is 337 g/mol. The Hall–Kier alpha value is -1.73. The third-order valence-corrected chi connectivity index (χ3v) is 4.45. The average Bonchev–Trinajstić information content (AvgIpc) is 3.02. The van der Waals surface area contributed by atoms with E-state index in [4.69, 9.17) is 0 Å². The number of aliphatic hydroxyl groups is 1. The third kappa shape index (κ3) is 4.02. The van der Waals surface area contributed by atoms with Crippen molar-refractivity contribution in [2.24, 2.45) is 4.99 Å². The SMILES string of the molecule is CCCC(C)=Nc1c(C(O)C(F)(F)F)ccc(-c2nccs2)c1C. The highest BCUT2D eigenvalue weighted by molar-refractivity contribution is 7.13. The van der Waals surface area contributed by atoms with Crippen LogP contribution in [0.4, 0.5) is 18.9 Å². The van der Waals surface area contributed by atoms with Crippen LogP contribution in [0.3, 0.4) is 0 Å². The zero-order valence-corrected chi connectivity index (χ0v) is 14.5. The molecule has 1 unspecified atom stereocenters. The largest absolute Gasteiger partial charge is 0.418 e. The number of hydrogen-bond acceptors (Lipinski definition) is 4. The number of benzene rings is 1. The fourth-order valence-corrected chi connectivity index (χ4v) is 3.18. The van der Waals surface area contributed by atoms with E-state index in [1.165, 1.54) is 17.4 Å². The minimum absolute atomic E-state index is 0.179. The number of aliphatic hydroxyl groups excluding tert-OH is 1. The Morgan fingerprint density at radius 1 is 1.38 bits per heavy atom. The first-order valence-electron chi connectivity index (χ1n) is 7.58. The number of thiazole rings is 1. The molecule has 0 aliphatic rings. The molecule has 24 heavy (non-hydrogen) atoms. The summed E-state index contributed by atoms with van der Waals surface area (Å²) >= 11 is 1.40. The summed E-state index contributed by atoms with van der Waals surface area (Å²) in [6, 6.07) is 2.85. The molecule has 7 heteroatoms. The van der Waals surface area contributed by atoms with Crippen LogP contribution < -0.4 is 0 Å². The lowest BCUT2D eigenvalue weighted by Gasteiger charge is -2.19. The van der Waals surface area contributed by atoms with E-state index in [-0.39, 0.29) is 11.3 Å². The summed E-state index contributed by atoms with van der Waals surface area (Å²) in [4.78, 5) is 8.60. The van der Waals surface area contributed by atoms with Crippen LogP contribution in [0.5, 0.6) is 0 Å². The smallest absolute Gasteiger partial charge is 0.379 e. The number of rotatable bonds is 5. The summed E-state index contributed by atoms with van der Waals surface area (Å²) in [6.45, 7) is 5.47. The Bertz CT molecular complexity index is 724. The fourth-order valence-electron chi connectivity index (χ4n) is 2.46. The van der Waals surface area contributed by atoms with Gasteiger partial charge in [0.15, 0.2) is 6.10 Å². The van der Waals surface area contributed by atoms with Gasteiger partial charge in [-0.05, 0) is 25.8 Å². The standard InChI is InChI=1S/C17H19F3N2OS/c1-4-5-10(2)22-14-11(3)12(16-21-8-9-24-16)6-7-13(14)15(23)17(18,19)20/h6-9,15,23H,4-5H2,1-3H3. The highest BCUT2D eigenvalue weighted by atomic mass is 32.1. The molecule has 0 aliphatic carbocycles. The van der Waals surface area contributed by atoms with Crippen molar-refractivity contribution in [3.63, 3.8) is 0 Å². The van der Waals surface area contributed by atoms with Crippen LogP contribution in [0.15, 0.2) is 28.7 Å². The first-order chi connectivity index (χ1) is 11.3. The van der Waals surface area contributed by atoms with Gasteiger partial charge >= 0.3 is 6.18 Å². The van der Waals surface area contributed by atoms with Gasteiger partial charge in [0.2, 0.25) is 0 Å². The number of aromatic nitrogens is 1. The van der Waals surface area contributed by atoms with E-state index in [1.54, 1.807) is 31.5 Å². The Labute approximate surface area is 142 Å². The van der Waals surface area contributed by atoms with Gasteiger partial charge in [-0.2, -0.15) is 13.2 Å². The van der Waals surface area contributed by atoms with E-state index in [0.717, 1.165) is 17.7 Å². The van der Waals surface area contributed by atoms with E-state index in [2.05, 4.69) is 9.98 Å². The highest BCUT2D eigenvalue weighted by Crippen LogP contribution is 2.42. The maximum atomic E-state index is 13.0. The van der Waals surface area contributed by atoms with E-state index < -0.39 is 12.3 Å². The zero-order valence-electron chi connectivity index (χ0n) is 13.7. The molecular formula is C17H19F3N2OS. The summed E-state index contributed by atoms with van der Waals surface area (Å²) in [6.07, 6.45) is -4.13. The van der Waals surface area contributed by atoms with Gasteiger partial charge in [0.25, 0.3) is 0 Å². The molecule has 0 bridgehead atoms. The van der Waals surface area contributed by atoms with Crippen LogP contribution >= 0.6 is 11.3 Å². The fraction of sp³-hybridized carbons (Fsp3) is 0.412. The number of halogens is 3. The third-order valence-electron chi connectivity index (χ3n) is 3.64. The zero-order chi connectivity index (χ0) is 17.9. The van der Waals surface area contributed by atoms with Gasteiger partial charge in [-0.1, -0.05) is 25.5 Å². The second kappa shape index (κ2) is 7.44. The molecule has 1 N–H and O–H groups in total. The monoisotopic (exact) mass is 356 g/mol. The van der Waals surface area contributed by atoms with Crippen LogP contribution in [-0.4, -0.2) is 22.0 Å². The van der Waals surface area contributed by atoms with Crippen LogP contribution in [0.25, 0.3) is 10.6 Å².